The van der Waals surface area contributed by atoms with Gasteiger partial charge in [0.05, 0.1) is 6.10 Å². The van der Waals surface area contributed by atoms with E-state index in [2.05, 4.69) is 18.8 Å². The fourth-order valence-corrected chi connectivity index (χ4v) is 2.18. The molecule has 0 amide bonds. The van der Waals surface area contributed by atoms with E-state index < -0.39 is 0 Å². The molecule has 0 radical (unpaired) electrons. The summed E-state index contributed by atoms with van der Waals surface area (Å²) in [6, 6.07) is 0. The van der Waals surface area contributed by atoms with E-state index in [1.165, 1.54) is 12.8 Å². The van der Waals surface area contributed by atoms with Crippen LogP contribution >= 0.6 is 0 Å². The third kappa shape index (κ3) is 3.40. The van der Waals surface area contributed by atoms with Gasteiger partial charge in [0.25, 0.3) is 0 Å². The predicted octanol–water partition coefficient (Wildman–Crippen LogP) is 2.59. The molecule has 0 aliphatic heterocycles. The van der Waals surface area contributed by atoms with Gasteiger partial charge in [-0.1, -0.05) is 6.92 Å². The lowest BCUT2D eigenvalue weighted by atomic mass is 9.78. The first-order valence-corrected chi connectivity index (χ1v) is 5.31. The molecular weight excluding hydrogens is 160 g/mol. The number of rotatable bonds is 2. The van der Waals surface area contributed by atoms with Gasteiger partial charge < -0.3 is 5.11 Å². The van der Waals surface area contributed by atoms with Crippen molar-refractivity contribution < 1.29 is 5.11 Å². The minimum Gasteiger partial charge on any atom is -0.393 e. The molecule has 3 unspecified atom stereocenters. The van der Waals surface area contributed by atoms with Crippen molar-refractivity contribution in [2.45, 2.75) is 52.1 Å². The van der Waals surface area contributed by atoms with E-state index in [0.29, 0.717) is 5.92 Å². The second-order valence-electron chi connectivity index (χ2n) is 4.21. The van der Waals surface area contributed by atoms with Gasteiger partial charge in [0.2, 0.25) is 0 Å². The van der Waals surface area contributed by atoms with Crippen molar-refractivity contribution in [3.8, 4) is 11.8 Å². The third-order valence-corrected chi connectivity index (χ3v) is 3.02. The molecule has 0 aromatic heterocycles. The van der Waals surface area contributed by atoms with Crippen LogP contribution in [0.1, 0.15) is 46.0 Å². The number of aliphatic hydroxyl groups is 1. The minimum atomic E-state index is -0.0603. The molecule has 0 aromatic carbocycles. The molecule has 0 bridgehead atoms. The largest absolute Gasteiger partial charge is 0.393 e. The molecule has 0 aromatic rings. The van der Waals surface area contributed by atoms with Crippen LogP contribution in [0.15, 0.2) is 0 Å². The average Bonchev–Trinajstić information content (AvgIpc) is 2.11. The van der Waals surface area contributed by atoms with Crippen LogP contribution in [-0.4, -0.2) is 11.2 Å². The zero-order valence-corrected chi connectivity index (χ0v) is 8.71. The van der Waals surface area contributed by atoms with Crippen LogP contribution < -0.4 is 0 Å². The van der Waals surface area contributed by atoms with E-state index in [9.17, 15) is 5.11 Å². The molecule has 1 nitrogen and oxygen atoms in total. The highest BCUT2D eigenvalue weighted by atomic mass is 16.3. The molecular formula is C12H20O. The highest BCUT2D eigenvalue weighted by Gasteiger charge is 2.26. The van der Waals surface area contributed by atoms with Crippen molar-refractivity contribution in [1.29, 1.82) is 0 Å². The highest BCUT2D eigenvalue weighted by Crippen LogP contribution is 2.31. The number of aliphatic hydroxyl groups excluding tert-OH is 1. The fourth-order valence-electron chi connectivity index (χ4n) is 2.18. The van der Waals surface area contributed by atoms with Crippen LogP contribution in [0.25, 0.3) is 0 Å². The Morgan fingerprint density at radius 3 is 2.85 bits per heavy atom. The van der Waals surface area contributed by atoms with Gasteiger partial charge in [0.1, 0.15) is 0 Å². The summed E-state index contributed by atoms with van der Waals surface area (Å²) in [5, 5.41) is 9.74. The topological polar surface area (TPSA) is 20.2 Å². The molecule has 1 aliphatic rings. The van der Waals surface area contributed by atoms with Gasteiger partial charge in [-0.15, -0.1) is 11.8 Å². The van der Waals surface area contributed by atoms with Gasteiger partial charge in [-0.3, -0.25) is 0 Å². The van der Waals surface area contributed by atoms with Gasteiger partial charge >= 0.3 is 0 Å². The standard InChI is InChI=1S/C12H20O/c1-3-4-5-6-11-9-10(2)7-8-12(11)13/h10-13H,5-9H2,1-2H3. The second-order valence-corrected chi connectivity index (χ2v) is 4.21. The van der Waals surface area contributed by atoms with Crippen molar-refractivity contribution in [1.82, 2.24) is 0 Å². The fraction of sp³-hybridized carbons (Fsp3) is 0.833. The summed E-state index contributed by atoms with van der Waals surface area (Å²) in [6.45, 7) is 4.16. The lowest BCUT2D eigenvalue weighted by Gasteiger charge is -2.31. The Labute approximate surface area is 81.5 Å². The maximum atomic E-state index is 9.74. The maximum absolute atomic E-state index is 9.74. The molecule has 1 aliphatic carbocycles. The van der Waals surface area contributed by atoms with Crippen molar-refractivity contribution in [3.63, 3.8) is 0 Å². The van der Waals surface area contributed by atoms with Gasteiger partial charge in [0.15, 0.2) is 0 Å². The first-order chi connectivity index (χ1) is 6.24. The molecule has 1 N–H and O–H groups in total. The summed E-state index contributed by atoms with van der Waals surface area (Å²) in [4.78, 5) is 0. The quantitative estimate of drug-likeness (QED) is 0.648. The molecule has 74 valence electrons. The maximum Gasteiger partial charge on any atom is 0.0568 e. The average molecular weight is 180 g/mol. The molecule has 3 atom stereocenters. The minimum absolute atomic E-state index is 0.0603. The van der Waals surface area contributed by atoms with E-state index in [4.69, 9.17) is 0 Å². The first kappa shape index (κ1) is 10.6. The number of hydrogen-bond donors (Lipinski definition) is 1. The summed E-state index contributed by atoms with van der Waals surface area (Å²) >= 11 is 0. The zero-order chi connectivity index (χ0) is 9.68. The zero-order valence-electron chi connectivity index (χ0n) is 8.71. The van der Waals surface area contributed by atoms with E-state index in [0.717, 1.165) is 25.2 Å². The predicted molar refractivity (Wildman–Crippen MR) is 55.2 cm³/mol. The van der Waals surface area contributed by atoms with E-state index in [-0.39, 0.29) is 6.10 Å². The summed E-state index contributed by atoms with van der Waals surface area (Å²) in [6.07, 6.45) is 5.33. The second kappa shape index (κ2) is 5.29. The van der Waals surface area contributed by atoms with Crippen LogP contribution in [-0.2, 0) is 0 Å². The van der Waals surface area contributed by atoms with Gasteiger partial charge in [-0.05, 0) is 44.4 Å². The Bertz CT molecular complexity index is 199. The summed E-state index contributed by atoms with van der Waals surface area (Å²) in [7, 11) is 0. The van der Waals surface area contributed by atoms with Gasteiger partial charge in [0, 0.05) is 6.42 Å². The molecule has 0 saturated heterocycles. The first-order valence-electron chi connectivity index (χ1n) is 5.31. The van der Waals surface area contributed by atoms with Crippen molar-refractivity contribution in [2.75, 3.05) is 0 Å². The molecule has 1 rings (SSSR count). The third-order valence-electron chi connectivity index (χ3n) is 3.02. The van der Waals surface area contributed by atoms with E-state index in [1.54, 1.807) is 0 Å². The Hall–Kier alpha value is -0.480. The van der Waals surface area contributed by atoms with Crippen LogP contribution in [0.5, 0.6) is 0 Å². The van der Waals surface area contributed by atoms with E-state index >= 15 is 0 Å². The molecule has 13 heavy (non-hydrogen) atoms. The highest BCUT2D eigenvalue weighted by molar-refractivity contribution is 4.95. The van der Waals surface area contributed by atoms with Gasteiger partial charge in [-0.2, -0.15) is 0 Å². The van der Waals surface area contributed by atoms with Crippen LogP contribution in [0.2, 0.25) is 0 Å². The summed E-state index contributed by atoms with van der Waals surface area (Å²) in [5.41, 5.74) is 0. The van der Waals surface area contributed by atoms with Gasteiger partial charge in [-0.25, -0.2) is 0 Å². The Kier molecular flexibility index (Phi) is 4.32. The van der Waals surface area contributed by atoms with Crippen LogP contribution in [0.3, 0.4) is 0 Å². The van der Waals surface area contributed by atoms with Crippen molar-refractivity contribution >= 4 is 0 Å². The van der Waals surface area contributed by atoms with Crippen LogP contribution in [0.4, 0.5) is 0 Å². The lowest BCUT2D eigenvalue weighted by Crippen LogP contribution is -2.27. The Morgan fingerprint density at radius 2 is 2.15 bits per heavy atom. The van der Waals surface area contributed by atoms with Crippen molar-refractivity contribution in [2.24, 2.45) is 11.8 Å². The summed E-state index contributed by atoms with van der Waals surface area (Å²) in [5.74, 6) is 7.27. The molecule has 0 heterocycles. The SMILES string of the molecule is CC#CCCC1CC(C)CCC1O. The molecule has 1 fully saturated rings. The molecule has 0 spiro atoms. The molecule has 1 heteroatoms. The Morgan fingerprint density at radius 1 is 1.38 bits per heavy atom. The van der Waals surface area contributed by atoms with E-state index in [1.807, 2.05) is 6.92 Å². The monoisotopic (exact) mass is 180 g/mol. The van der Waals surface area contributed by atoms with Crippen molar-refractivity contribution in [3.05, 3.63) is 0 Å². The number of hydrogen-bond acceptors (Lipinski definition) is 1. The van der Waals surface area contributed by atoms with Crippen LogP contribution in [0, 0.1) is 23.7 Å². The summed E-state index contributed by atoms with van der Waals surface area (Å²) < 4.78 is 0. The Balaban J connectivity index is 2.31. The lowest BCUT2D eigenvalue weighted by molar-refractivity contribution is 0.0482. The smallest absolute Gasteiger partial charge is 0.0568 e. The normalized spacial score (nSPS) is 33.6. The molecule has 1 saturated carbocycles.